The van der Waals surface area contributed by atoms with Crippen LogP contribution in [0.4, 0.5) is 0 Å². The molecule has 4 aromatic rings. The fourth-order valence-corrected chi connectivity index (χ4v) is 4.17. The van der Waals surface area contributed by atoms with Gasteiger partial charge in [-0.1, -0.05) is 60.7 Å². The van der Waals surface area contributed by atoms with Crippen molar-refractivity contribution in [1.82, 2.24) is 3.97 Å². The molecule has 0 unspecified atom stereocenters. The lowest BCUT2D eigenvalue weighted by Crippen LogP contribution is -2.11. The normalized spacial score (nSPS) is 11.5. The maximum atomic E-state index is 12.9. The van der Waals surface area contributed by atoms with Gasteiger partial charge in [-0.2, -0.15) is 0 Å². The van der Waals surface area contributed by atoms with Crippen molar-refractivity contribution >= 4 is 26.6 Å². The Morgan fingerprint density at radius 3 is 2.27 bits per heavy atom. The molecule has 0 aliphatic rings. The van der Waals surface area contributed by atoms with E-state index in [0.717, 1.165) is 14.7 Å². The molecule has 1 aromatic heterocycles. The van der Waals surface area contributed by atoms with Gasteiger partial charge in [-0.15, -0.1) is 0 Å². The molecule has 0 saturated carbocycles. The number of benzene rings is 3. The third-order valence-corrected chi connectivity index (χ3v) is 5.93. The molecule has 3 aromatic carbocycles. The summed E-state index contributed by atoms with van der Waals surface area (Å²) >= 11 is 0. The molecule has 0 aliphatic carbocycles. The van der Waals surface area contributed by atoms with E-state index in [2.05, 4.69) is 0 Å². The molecule has 5 heteroatoms. The van der Waals surface area contributed by atoms with Crippen molar-refractivity contribution in [2.24, 2.45) is 0 Å². The first-order valence-electron chi connectivity index (χ1n) is 8.08. The Hall–Kier alpha value is -3.18. The number of hydrogen-bond acceptors (Lipinski definition) is 3. The topological polar surface area (TPSA) is 56.1 Å². The summed E-state index contributed by atoms with van der Waals surface area (Å²) in [5.41, 5.74) is 0.888. The Balaban J connectivity index is 1.76. The number of fused-ring (bicyclic) bond motifs is 1. The highest BCUT2D eigenvalue weighted by Gasteiger charge is 2.19. The van der Waals surface area contributed by atoms with Gasteiger partial charge in [-0.05, 0) is 29.0 Å². The van der Waals surface area contributed by atoms with E-state index in [1.807, 2.05) is 36.4 Å². The lowest BCUT2D eigenvalue weighted by atomic mass is 9.99. The molecule has 0 saturated heterocycles. The van der Waals surface area contributed by atoms with Gasteiger partial charge in [0.1, 0.15) is 0 Å². The van der Waals surface area contributed by atoms with Gasteiger partial charge in [0.25, 0.3) is 10.0 Å². The van der Waals surface area contributed by atoms with Crippen LogP contribution < -0.4 is 0 Å². The summed E-state index contributed by atoms with van der Waals surface area (Å²) in [5.74, 6) is -0.205. The first kappa shape index (κ1) is 16.3. The molecule has 0 atom stereocenters. The van der Waals surface area contributed by atoms with E-state index >= 15 is 0 Å². The average molecular weight is 361 g/mol. The second-order valence-electron chi connectivity index (χ2n) is 5.90. The van der Waals surface area contributed by atoms with Crippen molar-refractivity contribution in [2.75, 3.05) is 0 Å². The monoisotopic (exact) mass is 361 g/mol. The Bertz CT molecular complexity index is 1200. The predicted molar refractivity (Wildman–Crippen MR) is 101 cm³/mol. The third-order valence-electron chi connectivity index (χ3n) is 4.28. The minimum absolute atomic E-state index is 0.180. The molecule has 26 heavy (non-hydrogen) atoms. The fraction of sp³-hybridized carbons (Fsp3) is 0. The SMILES string of the molecule is O=C(c1ccn(S(=O)(=O)c2ccccc2)c1)c1cccc2ccccc12. The van der Waals surface area contributed by atoms with Gasteiger partial charge in [0, 0.05) is 23.5 Å². The zero-order valence-corrected chi connectivity index (χ0v) is 14.6. The lowest BCUT2D eigenvalue weighted by molar-refractivity contribution is 0.104. The maximum absolute atomic E-state index is 12.9. The number of aromatic nitrogens is 1. The van der Waals surface area contributed by atoms with Crippen LogP contribution in [0, 0.1) is 0 Å². The van der Waals surface area contributed by atoms with Gasteiger partial charge < -0.3 is 0 Å². The molecular weight excluding hydrogens is 346 g/mol. The van der Waals surface area contributed by atoms with Gasteiger partial charge in [0.15, 0.2) is 5.78 Å². The van der Waals surface area contributed by atoms with Crippen molar-refractivity contribution in [3.05, 3.63) is 102 Å². The molecule has 0 spiro atoms. The fourth-order valence-electron chi connectivity index (χ4n) is 2.95. The van der Waals surface area contributed by atoms with Gasteiger partial charge in [0.2, 0.25) is 0 Å². The highest BCUT2D eigenvalue weighted by molar-refractivity contribution is 7.90. The zero-order valence-electron chi connectivity index (χ0n) is 13.7. The summed E-state index contributed by atoms with van der Waals surface area (Å²) in [6.07, 6.45) is 2.77. The number of hydrogen-bond donors (Lipinski definition) is 0. The molecule has 0 bridgehead atoms. The van der Waals surface area contributed by atoms with Crippen LogP contribution in [0.2, 0.25) is 0 Å². The predicted octanol–water partition coefficient (Wildman–Crippen LogP) is 4.11. The molecule has 0 radical (unpaired) electrons. The Labute approximate surface area is 151 Å². The molecule has 0 N–H and O–H groups in total. The molecule has 1 heterocycles. The van der Waals surface area contributed by atoms with Crippen molar-refractivity contribution in [3.8, 4) is 0 Å². The van der Waals surface area contributed by atoms with Crippen molar-refractivity contribution < 1.29 is 13.2 Å². The van der Waals surface area contributed by atoms with Gasteiger partial charge >= 0.3 is 0 Å². The highest BCUT2D eigenvalue weighted by atomic mass is 32.2. The second-order valence-corrected chi connectivity index (χ2v) is 7.75. The van der Waals surface area contributed by atoms with E-state index in [4.69, 9.17) is 0 Å². The van der Waals surface area contributed by atoms with Crippen molar-refractivity contribution in [1.29, 1.82) is 0 Å². The van der Waals surface area contributed by atoms with Crippen LogP contribution in [0.3, 0.4) is 0 Å². The van der Waals surface area contributed by atoms with E-state index in [1.165, 1.54) is 30.6 Å². The quantitative estimate of drug-likeness (QED) is 0.514. The third kappa shape index (κ3) is 2.72. The lowest BCUT2D eigenvalue weighted by Gasteiger charge is -2.06. The summed E-state index contributed by atoms with van der Waals surface area (Å²) < 4.78 is 26.4. The van der Waals surface area contributed by atoms with Crippen molar-refractivity contribution in [2.45, 2.75) is 4.90 Å². The molecule has 4 nitrogen and oxygen atoms in total. The summed E-state index contributed by atoms with van der Waals surface area (Å²) in [5, 5.41) is 1.81. The van der Waals surface area contributed by atoms with E-state index in [-0.39, 0.29) is 10.7 Å². The maximum Gasteiger partial charge on any atom is 0.267 e. The Morgan fingerprint density at radius 1 is 0.769 bits per heavy atom. The minimum Gasteiger partial charge on any atom is -0.289 e. The number of rotatable bonds is 4. The highest BCUT2D eigenvalue weighted by Crippen LogP contribution is 2.22. The van der Waals surface area contributed by atoms with Gasteiger partial charge in [-0.3, -0.25) is 4.79 Å². The number of ketones is 1. The van der Waals surface area contributed by atoms with Crippen LogP contribution in [0.15, 0.2) is 96.2 Å². The van der Waals surface area contributed by atoms with Gasteiger partial charge in [0.05, 0.1) is 4.90 Å². The van der Waals surface area contributed by atoms with Crippen LogP contribution in [-0.2, 0) is 10.0 Å². The molecule has 0 amide bonds. The summed E-state index contributed by atoms with van der Waals surface area (Å²) in [7, 11) is -3.71. The Morgan fingerprint density at radius 2 is 1.46 bits per heavy atom. The number of carbonyl (C=O) groups excluding carboxylic acids is 1. The summed E-state index contributed by atoms with van der Waals surface area (Å²) in [4.78, 5) is 13.1. The Kier molecular flexibility index (Phi) is 3.93. The molecule has 128 valence electrons. The largest absolute Gasteiger partial charge is 0.289 e. The summed E-state index contributed by atoms with van der Waals surface area (Å²) in [6, 6.07) is 22.8. The van der Waals surface area contributed by atoms with Crippen molar-refractivity contribution in [3.63, 3.8) is 0 Å². The zero-order chi connectivity index (χ0) is 18.1. The van der Waals surface area contributed by atoms with E-state index in [1.54, 1.807) is 24.3 Å². The first-order valence-corrected chi connectivity index (χ1v) is 9.52. The average Bonchev–Trinajstić information content (AvgIpc) is 3.19. The number of carbonyl (C=O) groups is 1. The van der Waals surface area contributed by atoms with E-state index < -0.39 is 10.0 Å². The molecule has 0 fully saturated rings. The van der Waals surface area contributed by atoms with Crippen LogP contribution >= 0.6 is 0 Å². The van der Waals surface area contributed by atoms with Crippen LogP contribution in [-0.4, -0.2) is 18.2 Å². The molecular formula is C21H15NO3S. The van der Waals surface area contributed by atoms with E-state index in [9.17, 15) is 13.2 Å². The summed E-state index contributed by atoms with van der Waals surface area (Å²) in [6.45, 7) is 0. The molecule has 0 aliphatic heterocycles. The van der Waals surface area contributed by atoms with Crippen LogP contribution in [0.5, 0.6) is 0 Å². The smallest absolute Gasteiger partial charge is 0.267 e. The van der Waals surface area contributed by atoms with Gasteiger partial charge in [-0.25, -0.2) is 12.4 Å². The minimum atomic E-state index is -3.71. The standard InChI is InChI=1S/C21H15NO3S/c23-21(20-12-6-8-16-7-4-5-11-19(16)20)17-13-14-22(15-17)26(24,25)18-9-2-1-3-10-18/h1-15H. The van der Waals surface area contributed by atoms with E-state index in [0.29, 0.717) is 11.1 Å². The second kappa shape index (κ2) is 6.28. The molecule has 4 rings (SSSR count). The number of nitrogens with zero attached hydrogens (tertiary/aromatic N) is 1. The first-order chi connectivity index (χ1) is 12.6. The van der Waals surface area contributed by atoms with Crippen LogP contribution in [0.1, 0.15) is 15.9 Å². The van der Waals surface area contributed by atoms with Crippen LogP contribution in [0.25, 0.3) is 10.8 Å².